The van der Waals surface area contributed by atoms with Gasteiger partial charge in [0, 0.05) is 25.3 Å². The molecule has 2 saturated heterocycles. The summed E-state index contributed by atoms with van der Waals surface area (Å²) in [7, 11) is 0. The number of aromatic nitrogens is 1. The van der Waals surface area contributed by atoms with E-state index in [9.17, 15) is 0 Å². The largest absolute Gasteiger partial charge is 0.300 e. The number of hydrogen-bond donors (Lipinski definition) is 0. The van der Waals surface area contributed by atoms with Gasteiger partial charge in [-0.1, -0.05) is 18.5 Å². The van der Waals surface area contributed by atoms with Crippen molar-refractivity contribution in [3.63, 3.8) is 0 Å². The topological polar surface area (TPSA) is 19.4 Å². The lowest BCUT2D eigenvalue weighted by atomic mass is 9.95. The van der Waals surface area contributed by atoms with Crippen LogP contribution in [0.25, 0.3) is 0 Å². The van der Waals surface area contributed by atoms with Crippen molar-refractivity contribution in [1.29, 1.82) is 0 Å². The third-order valence-electron chi connectivity index (χ3n) is 4.71. The maximum absolute atomic E-state index is 6.14. The monoisotopic (exact) mass is 325 g/mol. The van der Waals surface area contributed by atoms with Gasteiger partial charge in [-0.3, -0.25) is 0 Å². The first kappa shape index (κ1) is 15.6. The fraction of sp³-hybridized carbons (Fsp3) is 0.688. The van der Waals surface area contributed by atoms with Crippen LogP contribution in [0.5, 0.6) is 0 Å². The number of rotatable bonds is 3. The highest BCUT2D eigenvalue weighted by molar-refractivity contribution is 7.97. The minimum absolute atomic E-state index is 0.620. The van der Waals surface area contributed by atoms with E-state index in [0.717, 1.165) is 29.9 Å². The molecule has 3 nitrogen and oxygen atoms in total. The van der Waals surface area contributed by atoms with Crippen LogP contribution in [0.15, 0.2) is 23.2 Å². The highest BCUT2D eigenvalue weighted by atomic mass is 35.5. The van der Waals surface area contributed by atoms with Crippen molar-refractivity contribution in [2.24, 2.45) is 5.92 Å². The van der Waals surface area contributed by atoms with Gasteiger partial charge in [-0.05, 0) is 68.8 Å². The Balaban J connectivity index is 1.48. The Hall–Kier alpha value is -0.290. The zero-order valence-electron chi connectivity index (χ0n) is 12.7. The summed E-state index contributed by atoms with van der Waals surface area (Å²) in [4.78, 5) is 7.94. The van der Waals surface area contributed by atoms with Crippen LogP contribution < -0.4 is 0 Å². The van der Waals surface area contributed by atoms with E-state index in [2.05, 4.69) is 27.2 Å². The van der Waals surface area contributed by atoms with Crippen LogP contribution in [0.2, 0.25) is 5.15 Å². The number of nitrogens with zero attached hydrogens (tertiary/aromatic N) is 3. The van der Waals surface area contributed by atoms with Gasteiger partial charge in [0.25, 0.3) is 0 Å². The summed E-state index contributed by atoms with van der Waals surface area (Å²) in [6, 6.07) is 4.80. The molecule has 3 rings (SSSR count). The average Bonchev–Trinajstić information content (AvgIpc) is 2.51. The lowest BCUT2D eigenvalue weighted by Gasteiger charge is -2.41. The van der Waals surface area contributed by atoms with Crippen LogP contribution in [-0.4, -0.2) is 46.4 Å². The molecule has 0 spiro atoms. The molecule has 0 radical (unpaired) electrons. The molecular formula is C16H24ClN3S. The molecule has 21 heavy (non-hydrogen) atoms. The summed E-state index contributed by atoms with van der Waals surface area (Å²) in [5, 5.41) is 0.620. The Kier molecular flexibility index (Phi) is 5.43. The van der Waals surface area contributed by atoms with Gasteiger partial charge in [-0.15, -0.1) is 0 Å². The molecule has 0 aromatic carbocycles. The molecule has 3 heterocycles. The first-order valence-corrected chi connectivity index (χ1v) is 9.15. The number of likely N-dealkylation sites (tertiary alicyclic amines) is 1. The van der Waals surface area contributed by atoms with E-state index in [1.165, 1.54) is 38.8 Å². The second-order valence-electron chi connectivity index (χ2n) is 6.26. The summed E-state index contributed by atoms with van der Waals surface area (Å²) in [6.07, 6.45) is 7.05. The number of piperidine rings is 2. The Morgan fingerprint density at radius 2 is 1.86 bits per heavy atom. The highest BCUT2D eigenvalue weighted by Crippen LogP contribution is 2.32. The highest BCUT2D eigenvalue weighted by Gasteiger charge is 2.27. The maximum Gasteiger partial charge on any atom is 0.143 e. The van der Waals surface area contributed by atoms with Crippen molar-refractivity contribution in [2.75, 3.05) is 26.2 Å². The molecule has 0 unspecified atom stereocenters. The fourth-order valence-electron chi connectivity index (χ4n) is 3.27. The molecule has 5 heteroatoms. The van der Waals surface area contributed by atoms with Gasteiger partial charge in [-0.2, -0.15) is 0 Å². The molecule has 0 bridgehead atoms. The summed E-state index contributed by atoms with van der Waals surface area (Å²) in [6.45, 7) is 7.27. The minimum atomic E-state index is 0.620. The van der Waals surface area contributed by atoms with Gasteiger partial charge < -0.3 is 4.90 Å². The normalized spacial score (nSPS) is 23.5. The fourth-order valence-corrected chi connectivity index (χ4v) is 4.43. The van der Waals surface area contributed by atoms with Gasteiger partial charge in [0.05, 0.1) is 4.90 Å². The Morgan fingerprint density at radius 1 is 1.14 bits per heavy atom. The molecular weight excluding hydrogens is 302 g/mol. The van der Waals surface area contributed by atoms with E-state index in [1.54, 1.807) is 18.1 Å². The molecule has 0 amide bonds. The molecule has 0 aliphatic carbocycles. The van der Waals surface area contributed by atoms with E-state index in [0.29, 0.717) is 5.15 Å². The van der Waals surface area contributed by atoms with Gasteiger partial charge >= 0.3 is 0 Å². The number of hydrogen-bond acceptors (Lipinski definition) is 4. The Labute approximate surface area is 137 Å². The van der Waals surface area contributed by atoms with E-state index < -0.39 is 0 Å². The van der Waals surface area contributed by atoms with Crippen LogP contribution in [0, 0.1) is 5.92 Å². The molecule has 0 saturated carbocycles. The summed E-state index contributed by atoms with van der Waals surface area (Å²) in [5.41, 5.74) is 0. The van der Waals surface area contributed by atoms with Crippen LogP contribution in [0.4, 0.5) is 0 Å². The lowest BCUT2D eigenvalue weighted by molar-refractivity contribution is 0.103. The van der Waals surface area contributed by atoms with Crippen LogP contribution in [-0.2, 0) is 0 Å². The first-order valence-electron chi connectivity index (χ1n) is 8.00. The Morgan fingerprint density at radius 3 is 2.52 bits per heavy atom. The summed E-state index contributed by atoms with van der Waals surface area (Å²) in [5.74, 6) is 0.921. The maximum atomic E-state index is 6.14. The van der Waals surface area contributed by atoms with Crippen molar-refractivity contribution in [2.45, 2.75) is 43.5 Å². The summed E-state index contributed by atoms with van der Waals surface area (Å²) < 4.78 is 2.44. The van der Waals surface area contributed by atoms with Crippen molar-refractivity contribution >= 4 is 23.5 Å². The molecule has 116 valence electrons. The zero-order chi connectivity index (χ0) is 14.7. The van der Waals surface area contributed by atoms with E-state index in [-0.39, 0.29) is 0 Å². The zero-order valence-corrected chi connectivity index (χ0v) is 14.2. The van der Waals surface area contributed by atoms with Gasteiger partial charge in [0.2, 0.25) is 0 Å². The van der Waals surface area contributed by atoms with Crippen LogP contribution in [0.3, 0.4) is 0 Å². The second kappa shape index (κ2) is 7.32. The molecule has 0 atom stereocenters. The van der Waals surface area contributed by atoms with Crippen molar-refractivity contribution in [3.05, 3.63) is 23.5 Å². The molecule has 1 aromatic heterocycles. The standard InChI is InChI=1S/C16H24ClN3S/c1-13-4-9-19(10-5-13)14-6-11-20(12-7-14)21-15-3-2-8-18-16(15)17/h2-3,8,13-14H,4-7,9-12H2,1H3. The van der Waals surface area contributed by atoms with Crippen LogP contribution in [0.1, 0.15) is 32.6 Å². The van der Waals surface area contributed by atoms with Gasteiger partial charge in [-0.25, -0.2) is 9.29 Å². The SMILES string of the molecule is CC1CCN(C2CCN(Sc3cccnc3Cl)CC2)CC1. The van der Waals surface area contributed by atoms with Crippen LogP contribution >= 0.6 is 23.5 Å². The predicted octanol–water partition coefficient (Wildman–Crippen LogP) is 3.94. The number of pyridine rings is 1. The quantitative estimate of drug-likeness (QED) is 0.619. The average molecular weight is 326 g/mol. The second-order valence-corrected chi connectivity index (χ2v) is 7.76. The molecule has 1 aromatic rings. The van der Waals surface area contributed by atoms with Crippen molar-refractivity contribution in [1.82, 2.24) is 14.2 Å². The van der Waals surface area contributed by atoms with Crippen molar-refractivity contribution in [3.8, 4) is 0 Å². The Bertz CT molecular complexity index is 455. The van der Waals surface area contributed by atoms with E-state index in [4.69, 9.17) is 11.6 Å². The first-order chi connectivity index (χ1) is 10.2. The predicted molar refractivity (Wildman–Crippen MR) is 89.7 cm³/mol. The molecule has 2 fully saturated rings. The molecule has 0 N–H and O–H groups in total. The van der Waals surface area contributed by atoms with Gasteiger partial charge in [0.1, 0.15) is 5.15 Å². The summed E-state index contributed by atoms with van der Waals surface area (Å²) >= 11 is 7.90. The van der Waals surface area contributed by atoms with E-state index in [1.807, 2.05) is 6.07 Å². The molecule has 2 aliphatic heterocycles. The smallest absolute Gasteiger partial charge is 0.143 e. The minimum Gasteiger partial charge on any atom is -0.300 e. The number of halogens is 1. The third kappa shape index (κ3) is 4.13. The van der Waals surface area contributed by atoms with E-state index >= 15 is 0 Å². The van der Waals surface area contributed by atoms with Gasteiger partial charge in [0.15, 0.2) is 0 Å². The van der Waals surface area contributed by atoms with Crippen molar-refractivity contribution < 1.29 is 0 Å². The third-order valence-corrected chi connectivity index (χ3v) is 6.27. The lowest BCUT2D eigenvalue weighted by Crippen LogP contribution is -2.46. The molecule has 2 aliphatic rings.